The lowest BCUT2D eigenvalue weighted by molar-refractivity contribution is -0.156. The van der Waals surface area contributed by atoms with Crippen LogP contribution in [0.5, 0.6) is 0 Å². The van der Waals surface area contributed by atoms with Crippen LogP contribution in [0.4, 0.5) is 4.79 Å². The number of urea groups is 1. The van der Waals surface area contributed by atoms with Gasteiger partial charge in [0.15, 0.2) is 0 Å². The molecule has 2 aliphatic rings. The fourth-order valence-electron chi connectivity index (χ4n) is 2.54. The van der Waals surface area contributed by atoms with Crippen LogP contribution in [0, 0.1) is 5.41 Å². The summed E-state index contributed by atoms with van der Waals surface area (Å²) in [6.07, 6.45) is 2.92. The number of rotatable bonds is 0. The van der Waals surface area contributed by atoms with Gasteiger partial charge in [0.05, 0.1) is 0 Å². The molecule has 1 aliphatic heterocycles. The second-order valence-corrected chi connectivity index (χ2v) is 4.30. The third-order valence-electron chi connectivity index (χ3n) is 3.46. The van der Waals surface area contributed by atoms with Gasteiger partial charge in [-0.2, -0.15) is 0 Å². The van der Waals surface area contributed by atoms with Gasteiger partial charge in [0.1, 0.15) is 5.41 Å². The van der Waals surface area contributed by atoms with Crippen LogP contribution in [0.15, 0.2) is 0 Å². The van der Waals surface area contributed by atoms with E-state index in [1.807, 2.05) is 0 Å². The van der Waals surface area contributed by atoms with Crippen LogP contribution in [0.3, 0.4) is 0 Å². The number of hydrogen-bond donors (Lipinski definition) is 0. The Morgan fingerprint density at radius 3 is 1.73 bits per heavy atom. The largest absolute Gasteiger partial charge is 0.332 e. The molecule has 1 aliphatic carbocycles. The molecule has 0 unspecified atom stereocenters. The fourth-order valence-corrected chi connectivity index (χ4v) is 2.54. The Morgan fingerprint density at radius 2 is 1.33 bits per heavy atom. The molecule has 1 heterocycles. The molecule has 0 radical (unpaired) electrons. The fraction of sp³-hybridized carbons (Fsp3) is 0.700. The van der Waals surface area contributed by atoms with Gasteiger partial charge in [0, 0.05) is 14.1 Å². The van der Waals surface area contributed by atoms with Crippen molar-refractivity contribution in [1.29, 1.82) is 0 Å². The number of barbiturate groups is 1. The highest BCUT2D eigenvalue weighted by Crippen LogP contribution is 2.43. The minimum Gasteiger partial charge on any atom is -0.273 e. The molecule has 1 saturated carbocycles. The molecular formula is C10H14N2O3. The maximum atomic E-state index is 12.0. The van der Waals surface area contributed by atoms with Crippen LogP contribution >= 0.6 is 0 Å². The van der Waals surface area contributed by atoms with Gasteiger partial charge < -0.3 is 0 Å². The number of nitrogens with zero attached hydrogens (tertiary/aromatic N) is 2. The summed E-state index contributed by atoms with van der Waals surface area (Å²) in [5, 5.41) is 0. The first-order valence-corrected chi connectivity index (χ1v) is 5.11. The zero-order valence-electron chi connectivity index (χ0n) is 8.95. The van der Waals surface area contributed by atoms with Crippen molar-refractivity contribution in [1.82, 2.24) is 9.80 Å². The van der Waals surface area contributed by atoms with Gasteiger partial charge in [-0.25, -0.2) is 4.79 Å². The van der Waals surface area contributed by atoms with Crippen molar-refractivity contribution in [3.63, 3.8) is 0 Å². The summed E-state index contributed by atoms with van der Waals surface area (Å²) in [5.41, 5.74) is -0.933. The first-order valence-electron chi connectivity index (χ1n) is 5.11. The topological polar surface area (TPSA) is 57.7 Å². The Kier molecular flexibility index (Phi) is 2.06. The SMILES string of the molecule is CN1C(=O)N(C)C(=O)C2(CCCC2)C1=O. The van der Waals surface area contributed by atoms with Gasteiger partial charge in [0.2, 0.25) is 11.8 Å². The van der Waals surface area contributed by atoms with Crippen molar-refractivity contribution in [3.05, 3.63) is 0 Å². The summed E-state index contributed by atoms with van der Waals surface area (Å²) in [4.78, 5) is 37.6. The predicted octanol–water partition coefficient (Wildman–Crippen LogP) is 0.597. The third kappa shape index (κ3) is 1.12. The molecule has 0 aromatic carbocycles. The van der Waals surface area contributed by atoms with E-state index in [1.54, 1.807) is 0 Å². The molecule has 0 aromatic rings. The second kappa shape index (κ2) is 3.05. The molecule has 2 fully saturated rings. The molecule has 4 amide bonds. The predicted molar refractivity (Wildman–Crippen MR) is 51.8 cm³/mol. The lowest BCUT2D eigenvalue weighted by Crippen LogP contribution is -2.62. The Hall–Kier alpha value is -1.39. The van der Waals surface area contributed by atoms with Gasteiger partial charge in [-0.3, -0.25) is 19.4 Å². The van der Waals surface area contributed by atoms with Crippen LogP contribution in [-0.4, -0.2) is 41.7 Å². The van der Waals surface area contributed by atoms with E-state index in [2.05, 4.69) is 0 Å². The average molecular weight is 210 g/mol. The van der Waals surface area contributed by atoms with Crippen LogP contribution in [0.25, 0.3) is 0 Å². The number of carbonyl (C=O) groups excluding carboxylic acids is 3. The normalized spacial score (nSPS) is 25.6. The molecule has 1 saturated heterocycles. The minimum absolute atomic E-state index is 0.326. The summed E-state index contributed by atoms with van der Waals surface area (Å²) in [7, 11) is 2.88. The van der Waals surface area contributed by atoms with Crippen LogP contribution in [0.1, 0.15) is 25.7 Å². The number of carbonyl (C=O) groups is 3. The Balaban J connectivity index is 2.43. The van der Waals surface area contributed by atoms with E-state index in [-0.39, 0.29) is 11.8 Å². The lowest BCUT2D eigenvalue weighted by Gasteiger charge is -2.39. The van der Waals surface area contributed by atoms with Crippen LogP contribution in [0.2, 0.25) is 0 Å². The molecule has 1 spiro atoms. The highest BCUT2D eigenvalue weighted by atomic mass is 16.2. The highest BCUT2D eigenvalue weighted by Gasteiger charge is 2.56. The third-order valence-corrected chi connectivity index (χ3v) is 3.46. The molecule has 15 heavy (non-hydrogen) atoms. The van der Waals surface area contributed by atoms with E-state index in [9.17, 15) is 14.4 Å². The minimum atomic E-state index is -0.933. The quantitative estimate of drug-likeness (QED) is 0.550. The molecule has 0 atom stereocenters. The Morgan fingerprint density at radius 1 is 0.933 bits per heavy atom. The summed E-state index contributed by atoms with van der Waals surface area (Å²) < 4.78 is 0. The standard InChI is InChI=1S/C10H14N2O3/c1-11-7(13)10(5-3-4-6-10)8(14)12(2)9(11)15/h3-6H2,1-2H3. The molecular weight excluding hydrogens is 196 g/mol. The van der Waals surface area contributed by atoms with Gasteiger partial charge in [-0.15, -0.1) is 0 Å². The van der Waals surface area contributed by atoms with E-state index >= 15 is 0 Å². The molecule has 0 aromatic heterocycles. The smallest absolute Gasteiger partial charge is 0.273 e. The molecule has 0 N–H and O–H groups in total. The molecule has 2 rings (SSSR count). The molecule has 82 valence electrons. The lowest BCUT2D eigenvalue weighted by atomic mass is 9.81. The van der Waals surface area contributed by atoms with Crippen molar-refractivity contribution >= 4 is 17.8 Å². The first kappa shape index (κ1) is 10.1. The summed E-state index contributed by atoms with van der Waals surface area (Å²) in [5.74, 6) is -0.652. The van der Waals surface area contributed by atoms with Crippen molar-refractivity contribution in [2.45, 2.75) is 25.7 Å². The molecule has 5 heteroatoms. The zero-order valence-corrected chi connectivity index (χ0v) is 8.95. The van der Waals surface area contributed by atoms with Gasteiger partial charge >= 0.3 is 6.03 Å². The zero-order chi connectivity index (χ0) is 11.2. The first-order chi connectivity index (χ1) is 7.00. The maximum Gasteiger partial charge on any atom is 0.332 e. The molecule has 0 bridgehead atoms. The van der Waals surface area contributed by atoms with Crippen molar-refractivity contribution in [2.24, 2.45) is 5.41 Å². The number of amides is 4. The highest BCUT2D eigenvalue weighted by molar-refractivity contribution is 6.18. The summed E-state index contributed by atoms with van der Waals surface area (Å²) >= 11 is 0. The van der Waals surface area contributed by atoms with E-state index < -0.39 is 11.4 Å². The number of hydrogen-bond acceptors (Lipinski definition) is 3. The van der Waals surface area contributed by atoms with E-state index in [0.29, 0.717) is 12.8 Å². The van der Waals surface area contributed by atoms with Crippen LogP contribution < -0.4 is 0 Å². The van der Waals surface area contributed by atoms with E-state index in [4.69, 9.17) is 0 Å². The van der Waals surface area contributed by atoms with Crippen LogP contribution in [-0.2, 0) is 9.59 Å². The maximum absolute atomic E-state index is 12.0. The van der Waals surface area contributed by atoms with Crippen molar-refractivity contribution < 1.29 is 14.4 Å². The monoisotopic (exact) mass is 210 g/mol. The number of imide groups is 2. The Labute approximate surface area is 88.0 Å². The van der Waals surface area contributed by atoms with Gasteiger partial charge in [-0.05, 0) is 12.8 Å². The molecule has 5 nitrogen and oxygen atoms in total. The van der Waals surface area contributed by atoms with E-state index in [0.717, 1.165) is 22.6 Å². The second-order valence-electron chi connectivity index (χ2n) is 4.30. The summed E-state index contributed by atoms with van der Waals surface area (Å²) in [6.45, 7) is 0. The average Bonchev–Trinajstić information content (AvgIpc) is 2.72. The van der Waals surface area contributed by atoms with E-state index in [1.165, 1.54) is 14.1 Å². The van der Waals surface area contributed by atoms with Crippen molar-refractivity contribution in [3.8, 4) is 0 Å². The Bertz CT molecular complexity index is 319. The van der Waals surface area contributed by atoms with Gasteiger partial charge in [-0.1, -0.05) is 12.8 Å². The summed E-state index contributed by atoms with van der Waals surface area (Å²) in [6, 6.07) is -0.525. The van der Waals surface area contributed by atoms with Crippen molar-refractivity contribution in [2.75, 3.05) is 14.1 Å². The van der Waals surface area contributed by atoms with Gasteiger partial charge in [0.25, 0.3) is 0 Å².